The van der Waals surface area contributed by atoms with Gasteiger partial charge in [0.25, 0.3) is 8.05 Å². The fraction of sp³-hybridized carbons (Fsp3) is 0.667. The summed E-state index contributed by atoms with van der Waals surface area (Å²) in [4.78, 5) is 15.0. The van der Waals surface area contributed by atoms with Crippen molar-refractivity contribution in [2.24, 2.45) is 0 Å². The third-order valence-electron chi connectivity index (χ3n) is 0. The van der Waals surface area contributed by atoms with Crippen LogP contribution in [-0.2, 0) is 190 Å². The predicted molar refractivity (Wildman–Crippen MR) is 53.1 cm³/mol. The standard InChI is InChI=1S/C2H6.CH2O.BHO.H3OSi.HP.S.7V.3W/c4*1-2;;;;;;;;;;;;/h1-2H3;1H2;2H;1H,2H2;1H;;;;;;;;;;;. The molecule has 2 N–H and O–H groups in total. The van der Waals surface area contributed by atoms with Crippen molar-refractivity contribution < 1.29 is 200 Å². The fourth-order valence-corrected chi connectivity index (χ4v) is 0. The maximum absolute atomic E-state index is 8.00. The SMILES string of the molecule is C=O.CC.O[SiH2].[B]O.[PH]=[V].[V].[V].[V].[V].[V].[V]=[S]=[W].[W].[W]. The van der Waals surface area contributed by atoms with E-state index in [1.165, 1.54) is 0 Å². The average molecular weight is 1110 g/mol. The van der Waals surface area contributed by atoms with Crippen LogP contribution in [0.15, 0.2) is 0 Å². The molecule has 0 aliphatic carbocycles. The summed E-state index contributed by atoms with van der Waals surface area (Å²) in [6.07, 6.45) is 0. The van der Waals surface area contributed by atoms with Crippen LogP contribution in [0.25, 0.3) is 0 Å². The topological polar surface area (TPSA) is 57.5 Å². The van der Waals surface area contributed by atoms with Gasteiger partial charge in [-0.3, -0.25) is 0 Å². The van der Waals surface area contributed by atoms with Gasteiger partial charge in [-0.05, 0) is 0 Å². The second-order valence-corrected chi connectivity index (χ2v) is 7.55. The van der Waals surface area contributed by atoms with Crippen LogP contribution in [0.4, 0.5) is 0 Å². The molecule has 0 amide bonds. The van der Waals surface area contributed by atoms with E-state index in [-0.39, 0.29) is 135 Å². The van der Waals surface area contributed by atoms with Crippen LogP contribution in [0.1, 0.15) is 13.8 Å². The normalized spacial score (nSPS) is 1.75. The molecule has 0 spiro atoms. The summed E-state index contributed by atoms with van der Waals surface area (Å²) in [6.45, 7) is 7.77. The number of carbonyl (C=O) groups excluding carboxylic acids is 1. The van der Waals surface area contributed by atoms with Gasteiger partial charge in [-0.2, -0.15) is 0 Å². The Bertz CT molecular complexity index is 88.5. The van der Waals surface area contributed by atoms with E-state index in [9.17, 15) is 0 Å². The number of carbonyl (C=O) groups is 1. The van der Waals surface area contributed by atoms with Gasteiger partial charge in [0.05, 0.1) is 0 Å². The van der Waals surface area contributed by atoms with Crippen molar-refractivity contribution in [3.63, 3.8) is 0 Å². The van der Waals surface area contributed by atoms with Gasteiger partial charge in [-0.15, -0.1) is 0 Å². The molecule has 0 aliphatic heterocycles. The molecule has 0 heterocycles. The molecular weight excluding hydrogens is 1090 g/mol. The van der Waals surface area contributed by atoms with Crippen LogP contribution in [0.5, 0.6) is 0 Å². The minimum Gasteiger partial charge on any atom is 0 e. The Morgan fingerprint density at radius 1 is 1.00 bits per heavy atom. The van der Waals surface area contributed by atoms with Crippen molar-refractivity contribution in [2.75, 3.05) is 0 Å². The molecule has 3 nitrogen and oxygen atoms in total. The first kappa shape index (κ1) is 94.4. The predicted octanol–water partition coefficient (Wildman–Crippen LogP) is -0.353. The maximum atomic E-state index is 8.00. The first-order valence-electron chi connectivity index (χ1n) is 2.44. The second-order valence-electron chi connectivity index (χ2n) is 0.0745. The summed E-state index contributed by atoms with van der Waals surface area (Å²) < 4.78 is 0. The molecule has 0 bridgehead atoms. The molecule has 17 heteroatoms. The fourth-order valence-electron chi connectivity index (χ4n) is 0. The van der Waals surface area contributed by atoms with Crippen molar-refractivity contribution in [1.29, 1.82) is 0 Å². The van der Waals surface area contributed by atoms with Crippen LogP contribution in [-0.4, -0.2) is 35.1 Å². The zero-order chi connectivity index (χ0) is 12.7. The van der Waals surface area contributed by atoms with E-state index in [0.717, 1.165) is 10.5 Å². The summed E-state index contributed by atoms with van der Waals surface area (Å²) in [5, 5.41) is 6.50. The third kappa shape index (κ3) is 317. The molecule has 0 atom stereocenters. The minimum atomic E-state index is 0. The van der Waals surface area contributed by atoms with Crippen LogP contribution < -0.4 is 0 Å². The van der Waals surface area contributed by atoms with E-state index in [1.807, 2.05) is 20.6 Å². The van der Waals surface area contributed by atoms with Crippen LogP contribution in [0, 0.1) is 0 Å². The smallest absolute Gasteiger partial charge is 0 e. The minimum absolute atomic E-state index is 0. The molecule has 0 unspecified atom stereocenters. The summed E-state index contributed by atoms with van der Waals surface area (Å²) >= 11 is 6.10. The number of rotatable bonds is 0. The molecule has 0 fully saturated rings. The molecule has 0 aromatic rings. The van der Waals surface area contributed by atoms with Gasteiger partial charge in [-0.1, -0.05) is 13.8 Å². The zero-order valence-electron chi connectivity index (χ0n) is 10.6. The summed E-state index contributed by atoms with van der Waals surface area (Å²) in [7, 11) is 7.27. The van der Waals surface area contributed by atoms with E-state index < -0.39 is 0 Å². The summed E-state index contributed by atoms with van der Waals surface area (Å²) in [6, 6.07) is 0. The van der Waals surface area contributed by atoms with Gasteiger partial charge < -0.3 is 14.6 Å². The largest absolute Gasteiger partial charge is 0 e. The van der Waals surface area contributed by atoms with E-state index in [1.54, 1.807) is 24.6 Å². The van der Waals surface area contributed by atoms with E-state index in [0.29, 0.717) is 0 Å². The molecule has 0 rings (SSSR count). The van der Waals surface area contributed by atoms with Gasteiger partial charge in [0, 0.05) is 135 Å². The molecule has 20 heavy (non-hydrogen) atoms. The van der Waals surface area contributed by atoms with Crippen molar-refractivity contribution >= 4 is 39.2 Å². The number of hydrogen-bond acceptors (Lipinski definition) is 3. The Morgan fingerprint density at radius 2 is 1.00 bits per heavy atom. The van der Waals surface area contributed by atoms with E-state index in [4.69, 9.17) is 14.6 Å². The Morgan fingerprint density at radius 3 is 1.00 bits per heavy atom. The van der Waals surface area contributed by atoms with Crippen molar-refractivity contribution in [3.05, 3.63) is 0 Å². The van der Waals surface area contributed by atoms with E-state index in [2.05, 4.69) is 47.5 Å². The molecule has 114 valence electrons. The van der Waals surface area contributed by atoms with Gasteiger partial charge in [0.1, 0.15) is 6.79 Å². The Labute approximate surface area is 247 Å². The van der Waals surface area contributed by atoms with Crippen molar-refractivity contribution in [1.82, 2.24) is 0 Å². The molecule has 0 saturated heterocycles. The summed E-state index contributed by atoms with van der Waals surface area (Å²) in [5.41, 5.74) is 0. The Kier molecular flexibility index (Phi) is 1280. The van der Waals surface area contributed by atoms with Gasteiger partial charge in [-0.25, -0.2) is 0 Å². The van der Waals surface area contributed by atoms with Crippen LogP contribution in [0.2, 0.25) is 0 Å². The molecule has 0 aromatic heterocycles. The first-order valence-corrected chi connectivity index (χ1v) is 11.6. The Hall–Kier alpha value is 6.55. The number of hydrogen-bond donors (Lipinski definition) is 2. The zero-order valence-corrected chi connectivity index (χ0v) is 32.4. The monoisotopic (exact) mass is 1110 g/mol. The van der Waals surface area contributed by atoms with Crippen molar-refractivity contribution in [3.8, 4) is 0 Å². The molecular formula is C3H13BO3PSSiV7W3. The second kappa shape index (κ2) is 270. The van der Waals surface area contributed by atoms with Crippen LogP contribution >= 0.6 is 13.9 Å². The molecule has 0 saturated carbocycles. The first-order chi connectivity index (χ1) is 6.41. The van der Waals surface area contributed by atoms with E-state index >= 15 is 0 Å². The van der Waals surface area contributed by atoms with Crippen molar-refractivity contribution in [2.45, 2.75) is 13.8 Å². The third-order valence-corrected chi connectivity index (χ3v) is 0. The average Bonchev–Trinajstić information content (AvgIpc) is 2.32. The van der Waals surface area contributed by atoms with Crippen LogP contribution in [0.3, 0.4) is 0 Å². The quantitative estimate of drug-likeness (QED) is 0.258. The molecule has 8 radical (unpaired) electrons. The Balaban J connectivity index is -0.00000000252. The van der Waals surface area contributed by atoms with Gasteiger partial charge in [0.2, 0.25) is 0 Å². The molecule has 0 aliphatic rings. The summed E-state index contributed by atoms with van der Waals surface area (Å²) in [5.74, 6) is 0. The van der Waals surface area contributed by atoms with Gasteiger partial charge >= 0.3 is 64.1 Å². The molecule has 0 aromatic carbocycles. The van der Waals surface area contributed by atoms with Gasteiger partial charge in [0.15, 0.2) is 10.5 Å². The maximum Gasteiger partial charge on any atom is 0 e.